The molecule has 5 nitrogen and oxygen atoms in total. The first kappa shape index (κ1) is 16.8. The molecule has 2 bridgehead atoms. The van der Waals surface area contributed by atoms with Crippen molar-refractivity contribution in [3.8, 4) is 11.3 Å². The van der Waals surface area contributed by atoms with Crippen molar-refractivity contribution in [2.45, 2.75) is 6.42 Å². The zero-order valence-electron chi connectivity index (χ0n) is 14.0. The molecule has 3 aliphatic rings. The number of rotatable bonds is 3. The van der Waals surface area contributed by atoms with Crippen LogP contribution in [0, 0.1) is 23.7 Å². The molecule has 136 valence electrons. The second-order valence-corrected chi connectivity index (χ2v) is 7.90. The van der Waals surface area contributed by atoms with Crippen LogP contribution in [-0.4, -0.2) is 23.0 Å². The summed E-state index contributed by atoms with van der Waals surface area (Å²) in [5.74, 6) is 0.356. The van der Waals surface area contributed by atoms with Crippen molar-refractivity contribution in [1.82, 2.24) is 5.01 Å². The van der Waals surface area contributed by atoms with Crippen LogP contribution < -0.4 is 0 Å². The van der Waals surface area contributed by atoms with Gasteiger partial charge in [-0.2, -0.15) is 10.1 Å². The minimum absolute atomic E-state index is 0.166. The Morgan fingerprint density at radius 3 is 2.41 bits per heavy atom. The SMILES string of the molecule is O=C1C2C3C=CC(C3)C2C(=O)N1N=Cc1ccc(-c2ccc(Cl)cc2Cl)o1. The van der Waals surface area contributed by atoms with Crippen molar-refractivity contribution in [3.63, 3.8) is 0 Å². The molecular weight excluding hydrogens is 387 g/mol. The van der Waals surface area contributed by atoms with E-state index in [1.54, 1.807) is 30.3 Å². The average Bonchev–Trinajstić information content (AvgIpc) is 3.39. The first-order valence-corrected chi connectivity index (χ1v) is 9.44. The number of hydrazone groups is 1. The smallest absolute Gasteiger partial charge is 0.254 e. The number of benzene rings is 1. The van der Waals surface area contributed by atoms with Gasteiger partial charge >= 0.3 is 0 Å². The predicted molar refractivity (Wildman–Crippen MR) is 101 cm³/mol. The summed E-state index contributed by atoms with van der Waals surface area (Å²) in [4.78, 5) is 25.2. The van der Waals surface area contributed by atoms with E-state index in [1.165, 1.54) is 6.21 Å². The van der Waals surface area contributed by atoms with E-state index in [4.69, 9.17) is 27.6 Å². The lowest BCUT2D eigenvalue weighted by Gasteiger charge is -2.13. The largest absolute Gasteiger partial charge is 0.455 e. The van der Waals surface area contributed by atoms with Crippen molar-refractivity contribution < 1.29 is 14.0 Å². The van der Waals surface area contributed by atoms with Crippen LogP contribution in [0.15, 0.2) is 52.0 Å². The van der Waals surface area contributed by atoms with E-state index < -0.39 is 0 Å². The quantitative estimate of drug-likeness (QED) is 0.435. The molecule has 7 heteroatoms. The van der Waals surface area contributed by atoms with E-state index in [2.05, 4.69) is 17.3 Å². The molecule has 1 saturated heterocycles. The topological polar surface area (TPSA) is 62.9 Å². The predicted octanol–water partition coefficient (Wildman–Crippen LogP) is 4.39. The third-order valence-corrected chi connectivity index (χ3v) is 6.12. The summed E-state index contributed by atoms with van der Waals surface area (Å²) in [6.07, 6.45) is 6.39. The summed E-state index contributed by atoms with van der Waals surface area (Å²) >= 11 is 12.1. The van der Waals surface area contributed by atoms with Gasteiger partial charge in [-0.15, -0.1) is 0 Å². The maximum Gasteiger partial charge on any atom is 0.254 e. The highest BCUT2D eigenvalue weighted by atomic mass is 35.5. The molecule has 1 saturated carbocycles. The Labute approximate surface area is 165 Å². The molecule has 5 rings (SSSR count). The number of furan rings is 1. The van der Waals surface area contributed by atoms with Crippen LogP contribution in [-0.2, 0) is 9.59 Å². The molecule has 0 N–H and O–H groups in total. The number of carbonyl (C=O) groups excluding carboxylic acids is 2. The highest BCUT2D eigenvalue weighted by Gasteiger charge is 2.59. The van der Waals surface area contributed by atoms with Gasteiger partial charge in [0.15, 0.2) is 0 Å². The van der Waals surface area contributed by atoms with Crippen LogP contribution in [0.2, 0.25) is 10.0 Å². The molecule has 1 aromatic carbocycles. The summed E-state index contributed by atoms with van der Waals surface area (Å²) in [6, 6.07) is 8.59. The number of hydrogen-bond acceptors (Lipinski definition) is 4. The van der Waals surface area contributed by atoms with Crippen LogP contribution in [0.5, 0.6) is 0 Å². The summed E-state index contributed by atoms with van der Waals surface area (Å²) in [7, 11) is 0. The van der Waals surface area contributed by atoms with Gasteiger partial charge in [-0.3, -0.25) is 9.59 Å². The van der Waals surface area contributed by atoms with Gasteiger partial charge in [0.25, 0.3) is 11.8 Å². The maximum absolute atomic E-state index is 12.6. The van der Waals surface area contributed by atoms with Crippen LogP contribution in [0.3, 0.4) is 0 Å². The fourth-order valence-electron chi connectivity index (χ4n) is 4.37. The van der Waals surface area contributed by atoms with Crippen molar-refractivity contribution >= 4 is 41.2 Å². The lowest BCUT2D eigenvalue weighted by atomic mass is 9.85. The molecule has 4 atom stereocenters. The molecule has 1 aliphatic heterocycles. The Kier molecular flexibility index (Phi) is 3.78. The van der Waals surface area contributed by atoms with Crippen molar-refractivity contribution in [2.75, 3.05) is 0 Å². The van der Waals surface area contributed by atoms with Crippen LogP contribution in [0.1, 0.15) is 12.2 Å². The maximum atomic E-state index is 12.6. The zero-order chi connectivity index (χ0) is 18.7. The number of imide groups is 1. The molecule has 0 radical (unpaired) electrons. The number of allylic oxidation sites excluding steroid dienone is 2. The number of fused-ring (bicyclic) bond motifs is 5. The number of halogens is 2. The summed E-state index contributed by atoms with van der Waals surface area (Å²) in [6.45, 7) is 0. The summed E-state index contributed by atoms with van der Waals surface area (Å²) in [5.41, 5.74) is 0.700. The van der Waals surface area contributed by atoms with E-state index in [-0.39, 0.29) is 35.5 Å². The van der Waals surface area contributed by atoms with Crippen molar-refractivity contribution in [1.29, 1.82) is 0 Å². The van der Waals surface area contributed by atoms with E-state index in [0.717, 1.165) is 11.4 Å². The van der Waals surface area contributed by atoms with Gasteiger partial charge in [-0.1, -0.05) is 35.4 Å². The minimum atomic E-state index is -0.260. The van der Waals surface area contributed by atoms with Gasteiger partial charge in [-0.05, 0) is 48.6 Å². The second-order valence-electron chi connectivity index (χ2n) is 7.06. The number of amides is 2. The van der Waals surface area contributed by atoms with Gasteiger partial charge in [-0.25, -0.2) is 0 Å². The Morgan fingerprint density at radius 2 is 1.74 bits per heavy atom. The van der Waals surface area contributed by atoms with E-state index in [1.807, 2.05) is 0 Å². The fraction of sp³-hybridized carbons (Fsp3) is 0.250. The molecule has 0 spiro atoms. The van der Waals surface area contributed by atoms with Gasteiger partial charge < -0.3 is 4.42 Å². The Bertz CT molecular complexity index is 996. The van der Waals surface area contributed by atoms with Gasteiger partial charge in [0.1, 0.15) is 11.5 Å². The Balaban J connectivity index is 1.37. The van der Waals surface area contributed by atoms with Crippen molar-refractivity contribution in [2.24, 2.45) is 28.8 Å². The molecule has 2 aliphatic carbocycles. The average molecular weight is 401 g/mol. The second kappa shape index (κ2) is 6.08. The molecule has 2 heterocycles. The van der Waals surface area contributed by atoms with Crippen LogP contribution in [0.4, 0.5) is 0 Å². The molecule has 2 fully saturated rings. The first-order chi connectivity index (χ1) is 13.0. The van der Waals surface area contributed by atoms with E-state index >= 15 is 0 Å². The molecule has 2 aromatic rings. The van der Waals surface area contributed by atoms with Gasteiger partial charge in [0.2, 0.25) is 0 Å². The molecular formula is C20H14Cl2N2O3. The summed E-state index contributed by atoms with van der Waals surface area (Å²) in [5, 5.41) is 6.12. The fourth-order valence-corrected chi connectivity index (χ4v) is 4.87. The molecule has 1 aromatic heterocycles. The lowest BCUT2D eigenvalue weighted by molar-refractivity contribution is -0.140. The van der Waals surface area contributed by atoms with Gasteiger partial charge in [0.05, 0.1) is 23.1 Å². The zero-order valence-corrected chi connectivity index (χ0v) is 15.5. The van der Waals surface area contributed by atoms with Crippen LogP contribution in [0.25, 0.3) is 11.3 Å². The molecule has 27 heavy (non-hydrogen) atoms. The van der Waals surface area contributed by atoms with E-state index in [9.17, 15) is 9.59 Å². The Morgan fingerprint density at radius 1 is 1.04 bits per heavy atom. The van der Waals surface area contributed by atoms with Crippen LogP contribution >= 0.6 is 23.2 Å². The minimum Gasteiger partial charge on any atom is -0.455 e. The highest BCUT2D eigenvalue weighted by Crippen LogP contribution is 2.52. The highest BCUT2D eigenvalue weighted by molar-refractivity contribution is 6.36. The third-order valence-electron chi connectivity index (χ3n) is 5.57. The third kappa shape index (κ3) is 2.57. The van der Waals surface area contributed by atoms with Crippen molar-refractivity contribution in [3.05, 3.63) is 58.3 Å². The molecule has 2 amide bonds. The monoisotopic (exact) mass is 400 g/mol. The Hall–Kier alpha value is -2.37. The van der Waals surface area contributed by atoms with E-state index in [0.29, 0.717) is 27.1 Å². The number of nitrogens with zero attached hydrogens (tertiary/aromatic N) is 2. The number of hydrogen-bond donors (Lipinski definition) is 0. The normalized spacial score (nSPS) is 28.7. The lowest BCUT2D eigenvalue weighted by Crippen LogP contribution is -2.28. The standard InChI is InChI=1S/C20H14Cl2N2O3/c21-12-3-5-14(15(22)8-12)16-6-4-13(27-16)9-23-24-19(25)17-10-1-2-11(7-10)18(17)20(24)26/h1-6,8-11,17-18H,7H2. The summed E-state index contributed by atoms with van der Waals surface area (Å²) < 4.78 is 5.73. The first-order valence-electron chi connectivity index (χ1n) is 8.68. The molecule has 4 unspecified atom stereocenters. The van der Waals surface area contributed by atoms with Gasteiger partial charge in [0, 0.05) is 10.6 Å². The number of carbonyl (C=O) groups is 2.